The molecule has 0 saturated heterocycles. The number of nitrogens with zero attached hydrogens (tertiary/aromatic N) is 1. The lowest BCUT2D eigenvalue weighted by Gasteiger charge is -2.12. The van der Waals surface area contributed by atoms with Crippen LogP contribution in [0.4, 0.5) is 4.39 Å². The van der Waals surface area contributed by atoms with Crippen LogP contribution in [-0.2, 0) is 6.61 Å². The van der Waals surface area contributed by atoms with E-state index < -0.39 is 12.9 Å². The molecular weight excluding hydrogens is 272 g/mol. The third kappa shape index (κ3) is 3.82. The van der Waals surface area contributed by atoms with Crippen molar-refractivity contribution in [3.05, 3.63) is 58.9 Å². The van der Waals surface area contributed by atoms with E-state index in [4.69, 9.17) is 10.00 Å². The van der Waals surface area contributed by atoms with Gasteiger partial charge in [-0.15, -0.1) is 0 Å². The molecule has 106 valence electrons. The molecule has 0 saturated carbocycles. The van der Waals surface area contributed by atoms with Gasteiger partial charge in [-0.05, 0) is 36.8 Å². The van der Waals surface area contributed by atoms with Gasteiger partial charge in [-0.3, -0.25) is 0 Å². The minimum atomic E-state index is -1.65. The third-order valence-corrected chi connectivity index (χ3v) is 2.92. The number of rotatable bonds is 4. The van der Waals surface area contributed by atoms with Crippen molar-refractivity contribution >= 4 is 12.6 Å². The molecule has 0 aliphatic heterocycles. The molecule has 0 spiro atoms. The van der Waals surface area contributed by atoms with Crippen LogP contribution in [-0.4, -0.2) is 17.2 Å². The Labute approximate surface area is 122 Å². The summed E-state index contributed by atoms with van der Waals surface area (Å²) in [4.78, 5) is 0. The summed E-state index contributed by atoms with van der Waals surface area (Å²) in [6.45, 7) is 1.84. The summed E-state index contributed by atoms with van der Waals surface area (Å²) in [5.74, 6) is -0.211. The van der Waals surface area contributed by atoms with Gasteiger partial charge in [-0.1, -0.05) is 17.7 Å². The van der Waals surface area contributed by atoms with E-state index >= 15 is 0 Å². The average Bonchev–Trinajstić information content (AvgIpc) is 2.45. The van der Waals surface area contributed by atoms with Gasteiger partial charge in [0.25, 0.3) is 0 Å². The standard InChI is InChI=1S/C15H13BFNO3/c1-10-2-3-15(14(4-10)16(19)20)21-9-12-5-11(8-18)6-13(17)7-12/h2-7,19-20H,9H2,1H3. The number of ether oxygens (including phenoxy) is 1. The molecule has 2 aromatic carbocycles. The molecule has 0 radical (unpaired) electrons. The maximum absolute atomic E-state index is 13.3. The molecule has 0 atom stereocenters. The van der Waals surface area contributed by atoms with Crippen LogP contribution in [0.15, 0.2) is 36.4 Å². The molecule has 0 aromatic heterocycles. The second-order valence-electron chi connectivity index (χ2n) is 4.66. The van der Waals surface area contributed by atoms with Gasteiger partial charge in [0.05, 0.1) is 11.6 Å². The zero-order valence-electron chi connectivity index (χ0n) is 11.4. The summed E-state index contributed by atoms with van der Waals surface area (Å²) >= 11 is 0. The maximum atomic E-state index is 13.3. The van der Waals surface area contributed by atoms with Crippen molar-refractivity contribution in [3.8, 4) is 11.8 Å². The lowest BCUT2D eigenvalue weighted by molar-refractivity contribution is 0.306. The first-order valence-electron chi connectivity index (χ1n) is 6.28. The van der Waals surface area contributed by atoms with Crippen molar-refractivity contribution in [2.24, 2.45) is 0 Å². The van der Waals surface area contributed by atoms with Crippen molar-refractivity contribution in [2.45, 2.75) is 13.5 Å². The second kappa shape index (κ2) is 6.40. The van der Waals surface area contributed by atoms with Crippen molar-refractivity contribution in [1.82, 2.24) is 0 Å². The molecule has 2 N–H and O–H groups in total. The molecule has 21 heavy (non-hydrogen) atoms. The van der Waals surface area contributed by atoms with Crippen molar-refractivity contribution < 1.29 is 19.2 Å². The van der Waals surface area contributed by atoms with Crippen LogP contribution in [0.1, 0.15) is 16.7 Å². The van der Waals surface area contributed by atoms with E-state index in [1.165, 1.54) is 12.1 Å². The lowest BCUT2D eigenvalue weighted by atomic mass is 9.79. The molecule has 0 heterocycles. The number of hydrogen-bond acceptors (Lipinski definition) is 4. The normalized spacial score (nSPS) is 10.0. The van der Waals surface area contributed by atoms with Crippen LogP contribution >= 0.6 is 0 Å². The van der Waals surface area contributed by atoms with Gasteiger partial charge < -0.3 is 14.8 Å². The summed E-state index contributed by atoms with van der Waals surface area (Å²) in [7, 11) is -1.65. The van der Waals surface area contributed by atoms with E-state index in [2.05, 4.69) is 0 Å². The predicted molar refractivity (Wildman–Crippen MR) is 76.5 cm³/mol. The van der Waals surface area contributed by atoms with Crippen LogP contribution in [0.2, 0.25) is 0 Å². The van der Waals surface area contributed by atoms with E-state index in [1.807, 2.05) is 13.0 Å². The summed E-state index contributed by atoms with van der Waals surface area (Å²) in [6, 6.07) is 10.8. The molecule has 0 amide bonds. The zero-order chi connectivity index (χ0) is 15.4. The molecule has 2 aromatic rings. The van der Waals surface area contributed by atoms with Gasteiger partial charge in [-0.25, -0.2) is 4.39 Å². The molecule has 2 rings (SSSR count). The Kier molecular flexibility index (Phi) is 4.58. The summed E-state index contributed by atoms with van der Waals surface area (Å²) in [5, 5.41) is 27.4. The zero-order valence-corrected chi connectivity index (χ0v) is 11.4. The molecule has 0 unspecified atom stereocenters. The number of hydrogen-bond donors (Lipinski definition) is 2. The Bertz CT molecular complexity index is 698. The van der Waals surface area contributed by atoms with Crippen LogP contribution < -0.4 is 10.2 Å². The Morgan fingerprint density at radius 2 is 2.00 bits per heavy atom. The van der Waals surface area contributed by atoms with Crippen LogP contribution in [0.25, 0.3) is 0 Å². The van der Waals surface area contributed by atoms with Gasteiger partial charge >= 0.3 is 7.12 Å². The van der Waals surface area contributed by atoms with Gasteiger partial charge in [0.1, 0.15) is 18.2 Å². The van der Waals surface area contributed by atoms with E-state index in [1.54, 1.807) is 18.2 Å². The molecule has 0 fully saturated rings. The first kappa shape index (κ1) is 15.0. The Hall–Kier alpha value is -2.36. The van der Waals surface area contributed by atoms with E-state index in [9.17, 15) is 14.4 Å². The maximum Gasteiger partial charge on any atom is 0.492 e. The van der Waals surface area contributed by atoms with E-state index in [0.717, 1.165) is 11.6 Å². The Morgan fingerprint density at radius 3 is 2.67 bits per heavy atom. The summed E-state index contributed by atoms with van der Waals surface area (Å²) in [6.07, 6.45) is 0. The SMILES string of the molecule is Cc1ccc(OCc2cc(F)cc(C#N)c2)c(B(O)O)c1. The fraction of sp³-hybridized carbons (Fsp3) is 0.133. The van der Waals surface area contributed by atoms with Crippen LogP contribution in [0.5, 0.6) is 5.75 Å². The predicted octanol–water partition coefficient (Wildman–Crippen LogP) is 1.26. The highest BCUT2D eigenvalue weighted by molar-refractivity contribution is 6.59. The molecule has 0 bridgehead atoms. The minimum Gasteiger partial charge on any atom is -0.489 e. The lowest BCUT2D eigenvalue weighted by Crippen LogP contribution is -2.31. The monoisotopic (exact) mass is 285 g/mol. The first-order chi connectivity index (χ1) is 9.99. The molecule has 6 heteroatoms. The van der Waals surface area contributed by atoms with Crippen molar-refractivity contribution in [1.29, 1.82) is 5.26 Å². The van der Waals surface area contributed by atoms with Crippen molar-refractivity contribution in [2.75, 3.05) is 0 Å². The summed E-state index contributed by atoms with van der Waals surface area (Å²) < 4.78 is 18.8. The van der Waals surface area contributed by atoms with E-state index in [0.29, 0.717) is 11.3 Å². The minimum absolute atomic E-state index is 0.0230. The van der Waals surface area contributed by atoms with Gasteiger partial charge in [0.15, 0.2) is 0 Å². The number of aryl methyl sites for hydroxylation is 1. The summed E-state index contributed by atoms with van der Waals surface area (Å²) in [5.41, 5.74) is 1.81. The number of halogens is 1. The van der Waals surface area contributed by atoms with Gasteiger partial charge in [-0.2, -0.15) is 5.26 Å². The highest BCUT2D eigenvalue weighted by Crippen LogP contribution is 2.14. The third-order valence-electron chi connectivity index (χ3n) is 2.92. The Balaban J connectivity index is 2.21. The van der Waals surface area contributed by atoms with Crippen LogP contribution in [0.3, 0.4) is 0 Å². The number of benzene rings is 2. The topological polar surface area (TPSA) is 73.5 Å². The molecule has 4 nitrogen and oxygen atoms in total. The van der Waals surface area contributed by atoms with Crippen molar-refractivity contribution in [3.63, 3.8) is 0 Å². The smallest absolute Gasteiger partial charge is 0.489 e. The Morgan fingerprint density at radius 1 is 1.24 bits per heavy atom. The first-order valence-corrected chi connectivity index (χ1v) is 6.28. The highest BCUT2D eigenvalue weighted by atomic mass is 19.1. The van der Waals surface area contributed by atoms with Gasteiger partial charge in [0.2, 0.25) is 0 Å². The van der Waals surface area contributed by atoms with E-state index in [-0.39, 0.29) is 17.6 Å². The average molecular weight is 285 g/mol. The fourth-order valence-electron chi connectivity index (χ4n) is 1.96. The quantitative estimate of drug-likeness (QED) is 0.829. The molecule has 0 aliphatic rings. The van der Waals surface area contributed by atoms with Crippen LogP contribution in [0, 0.1) is 24.1 Å². The van der Waals surface area contributed by atoms with Gasteiger partial charge in [0, 0.05) is 5.46 Å². The molecular formula is C15H13BFNO3. The highest BCUT2D eigenvalue weighted by Gasteiger charge is 2.17. The largest absolute Gasteiger partial charge is 0.492 e. The second-order valence-corrected chi connectivity index (χ2v) is 4.66. The fourth-order valence-corrected chi connectivity index (χ4v) is 1.96. The number of nitriles is 1. The molecule has 0 aliphatic carbocycles.